The summed E-state index contributed by atoms with van der Waals surface area (Å²) in [6, 6.07) is 12.2. The number of carboxylic acid groups (broad SMARTS) is 1. The van der Waals surface area contributed by atoms with E-state index in [1.807, 2.05) is 18.2 Å². The fraction of sp³-hybridized carbons (Fsp3) is 0.458. The van der Waals surface area contributed by atoms with Crippen LogP contribution in [0.15, 0.2) is 36.4 Å². The number of fused-ring (bicyclic) bond motifs is 2. The molecule has 1 N–H and O–H groups in total. The van der Waals surface area contributed by atoms with Crippen LogP contribution >= 0.6 is 11.6 Å². The van der Waals surface area contributed by atoms with E-state index in [4.69, 9.17) is 26.2 Å². The maximum Gasteiger partial charge on any atom is 0.304 e. The highest BCUT2D eigenvalue weighted by atomic mass is 35.5. The molecule has 1 atom stereocenters. The molecule has 0 radical (unpaired) electrons. The Morgan fingerprint density at radius 2 is 2.20 bits per heavy atom. The van der Waals surface area contributed by atoms with E-state index in [9.17, 15) is 4.79 Å². The zero-order valence-corrected chi connectivity index (χ0v) is 18.1. The van der Waals surface area contributed by atoms with Crippen LogP contribution in [0.25, 0.3) is 0 Å². The lowest BCUT2D eigenvalue weighted by Crippen LogP contribution is -2.49. The van der Waals surface area contributed by atoms with Crippen molar-refractivity contribution in [3.8, 4) is 5.75 Å². The topological polar surface area (TPSA) is 59.0 Å². The van der Waals surface area contributed by atoms with Crippen molar-refractivity contribution in [1.82, 2.24) is 4.90 Å². The standard InChI is InChI=1S/C24H28ClNO4/c1-2-17-4-3-5-22(25)20(17)15-29-19-6-7-21-18(14-19)8-10-24(21)16-26(12-13-30-24)11-9-23(27)28/h3-7,14H,2,8-13,15-16H2,1H3,(H,27,28)/t24-/m1/s1. The first-order valence-corrected chi connectivity index (χ1v) is 11.0. The molecular formula is C24H28ClNO4. The van der Waals surface area contributed by atoms with Gasteiger partial charge in [0.1, 0.15) is 18.0 Å². The van der Waals surface area contributed by atoms with Gasteiger partial charge in [-0.15, -0.1) is 0 Å². The van der Waals surface area contributed by atoms with Gasteiger partial charge in [0.15, 0.2) is 0 Å². The summed E-state index contributed by atoms with van der Waals surface area (Å²) in [5.41, 5.74) is 4.38. The Bertz CT molecular complexity index is 931. The Kier molecular flexibility index (Phi) is 6.32. The normalized spacial score (nSPS) is 21.0. The highest BCUT2D eigenvalue weighted by Gasteiger charge is 2.43. The van der Waals surface area contributed by atoms with Gasteiger partial charge in [0.2, 0.25) is 0 Å². The number of morpholine rings is 1. The van der Waals surface area contributed by atoms with Gasteiger partial charge < -0.3 is 14.6 Å². The minimum Gasteiger partial charge on any atom is -0.489 e. The smallest absolute Gasteiger partial charge is 0.304 e. The first-order valence-electron chi connectivity index (χ1n) is 10.6. The number of rotatable bonds is 7. The van der Waals surface area contributed by atoms with Crippen molar-refractivity contribution in [2.45, 2.75) is 44.8 Å². The maximum absolute atomic E-state index is 10.9. The van der Waals surface area contributed by atoms with Crippen LogP contribution in [-0.2, 0) is 34.6 Å². The van der Waals surface area contributed by atoms with Crippen molar-refractivity contribution >= 4 is 17.6 Å². The molecule has 1 saturated heterocycles. The van der Waals surface area contributed by atoms with Crippen molar-refractivity contribution in [3.63, 3.8) is 0 Å². The molecule has 1 spiro atoms. The van der Waals surface area contributed by atoms with E-state index in [1.54, 1.807) is 0 Å². The molecule has 0 unspecified atom stereocenters. The van der Waals surface area contributed by atoms with Crippen LogP contribution in [0.1, 0.15) is 42.0 Å². The summed E-state index contributed by atoms with van der Waals surface area (Å²) >= 11 is 6.39. The first-order chi connectivity index (χ1) is 14.5. The van der Waals surface area contributed by atoms with Crippen molar-refractivity contribution < 1.29 is 19.4 Å². The van der Waals surface area contributed by atoms with E-state index in [0.717, 1.165) is 48.7 Å². The minimum atomic E-state index is -0.756. The Labute approximate surface area is 182 Å². The quantitative estimate of drug-likeness (QED) is 0.705. The summed E-state index contributed by atoms with van der Waals surface area (Å²) in [6.07, 6.45) is 2.94. The van der Waals surface area contributed by atoms with E-state index in [0.29, 0.717) is 19.8 Å². The number of hydrogen-bond acceptors (Lipinski definition) is 4. The lowest BCUT2D eigenvalue weighted by atomic mass is 9.93. The molecule has 5 nitrogen and oxygen atoms in total. The highest BCUT2D eigenvalue weighted by Crippen LogP contribution is 2.43. The molecular weight excluding hydrogens is 402 g/mol. The van der Waals surface area contributed by atoms with Gasteiger partial charge >= 0.3 is 5.97 Å². The number of benzene rings is 2. The molecule has 4 rings (SSSR count). The van der Waals surface area contributed by atoms with Gasteiger partial charge in [-0.3, -0.25) is 9.69 Å². The second-order valence-electron chi connectivity index (χ2n) is 8.10. The zero-order chi connectivity index (χ0) is 21.1. The van der Waals surface area contributed by atoms with Gasteiger partial charge in [-0.1, -0.05) is 36.7 Å². The Hall–Kier alpha value is -2.08. The van der Waals surface area contributed by atoms with Crippen LogP contribution in [0.4, 0.5) is 0 Å². The second kappa shape index (κ2) is 8.96. The van der Waals surface area contributed by atoms with Gasteiger partial charge in [-0.25, -0.2) is 0 Å². The number of hydrogen-bond donors (Lipinski definition) is 1. The Morgan fingerprint density at radius 1 is 1.33 bits per heavy atom. The average molecular weight is 430 g/mol. The predicted octanol–water partition coefficient (Wildman–Crippen LogP) is 4.43. The zero-order valence-electron chi connectivity index (χ0n) is 17.3. The van der Waals surface area contributed by atoms with Crippen LogP contribution in [-0.4, -0.2) is 42.2 Å². The lowest BCUT2D eigenvalue weighted by molar-refractivity contribution is -0.140. The van der Waals surface area contributed by atoms with Crippen molar-refractivity contribution in [2.24, 2.45) is 0 Å². The molecule has 1 aliphatic heterocycles. The van der Waals surface area contributed by atoms with Gasteiger partial charge in [0.05, 0.1) is 13.0 Å². The molecule has 0 bridgehead atoms. The fourth-order valence-electron chi connectivity index (χ4n) is 4.65. The van der Waals surface area contributed by atoms with Crippen LogP contribution in [0.2, 0.25) is 5.02 Å². The Morgan fingerprint density at radius 3 is 3.00 bits per heavy atom. The first kappa shape index (κ1) is 21.2. The van der Waals surface area contributed by atoms with E-state index in [2.05, 4.69) is 30.0 Å². The summed E-state index contributed by atoms with van der Waals surface area (Å²) in [5.74, 6) is 0.0835. The molecule has 1 aliphatic carbocycles. The van der Waals surface area contributed by atoms with Crippen molar-refractivity contribution in [1.29, 1.82) is 0 Å². The van der Waals surface area contributed by atoms with E-state index >= 15 is 0 Å². The van der Waals surface area contributed by atoms with Crippen molar-refractivity contribution in [2.75, 3.05) is 26.2 Å². The van der Waals surface area contributed by atoms with Gasteiger partial charge in [0.25, 0.3) is 0 Å². The van der Waals surface area contributed by atoms with Gasteiger partial charge in [0, 0.05) is 30.2 Å². The fourth-order valence-corrected chi connectivity index (χ4v) is 4.90. The third-order valence-corrected chi connectivity index (χ3v) is 6.61. The average Bonchev–Trinajstić information content (AvgIpc) is 3.08. The number of carbonyl (C=O) groups is 1. The number of halogens is 1. The molecule has 6 heteroatoms. The molecule has 1 fully saturated rings. The number of aryl methyl sites for hydroxylation is 2. The summed E-state index contributed by atoms with van der Waals surface area (Å²) in [7, 11) is 0. The van der Waals surface area contributed by atoms with Crippen LogP contribution in [0.3, 0.4) is 0 Å². The monoisotopic (exact) mass is 429 g/mol. The molecule has 0 saturated carbocycles. The Balaban J connectivity index is 1.47. The van der Waals surface area contributed by atoms with Crippen molar-refractivity contribution in [3.05, 3.63) is 63.7 Å². The predicted molar refractivity (Wildman–Crippen MR) is 116 cm³/mol. The molecule has 2 aliphatic rings. The molecule has 2 aromatic rings. The van der Waals surface area contributed by atoms with Crippen LogP contribution < -0.4 is 4.74 Å². The molecule has 1 heterocycles. The molecule has 160 valence electrons. The van der Waals surface area contributed by atoms with Gasteiger partial charge in [-0.05, 0) is 54.2 Å². The van der Waals surface area contributed by atoms with Gasteiger partial charge in [-0.2, -0.15) is 0 Å². The molecule has 0 aromatic heterocycles. The molecule has 2 aromatic carbocycles. The summed E-state index contributed by atoms with van der Waals surface area (Å²) < 4.78 is 12.4. The van der Waals surface area contributed by atoms with E-state index in [-0.39, 0.29) is 12.0 Å². The third-order valence-electron chi connectivity index (χ3n) is 6.25. The van der Waals surface area contributed by atoms with E-state index < -0.39 is 5.97 Å². The van der Waals surface area contributed by atoms with E-state index in [1.165, 1.54) is 16.7 Å². The summed E-state index contributed by atoms with van der Waals surface area (Å²) in [4.78, 5) is 13.1. The number of ether oxygens (including phenoxy) is 2. The largest absolute Gasteiger partial charge is 0.489 e. The van der Waals surface area contributed by atoms with Crippen LogP contribution in [0.5, 0.6) is 5.75 Å². The SMILES string of the molecule is CCc1cccc(Cl)c1COc1ccc2c(c1)CC[C@@]21CN(CCC(=O)O)CCO1. The molecule has 0 amide bonds. The summed E-state index contributed by atoms with van der Waals surface area (Å²) in [6.45, 7) is 5.29. The minimum absolute atomic E-state index is 0.164. The maximum atomic E-state index is 10.9. The number of aliphatic carboxylic acids is 1. The number of nitrogens with zero attached hydrogens (tertiary/aromatic N) is 1. The van der Waals surface area contributed by atoms with Crippen LogP contribution in [0, 0.1) is 0 Å². The summed E-state index contributed by atoms with van der Waals surface area (Å²) in [5, 5.41) is 9.73. The second-order valence-corrected chi connectivity index (χ2v) is 8.51. The highest BCUT2D eigenvalue weighted by molar-refractivity contribution is 6.31. The third kappa shape index (κ3) is 4.34. The molecule has 30 heavy (non-hydrogen) atoms. The number of carboxylic acids is 1. The lowest BCUT2D eigenvalue weighted by Gasteiger charge is -2.41.